The number of nitrogens with two attached hydrogens (primary N) is 1. The molecule has 10 atom stereocenters. The van der Waals surface area contributed by atoms with Gasteiger partial charge in [0.05, 0.1) is 44.5 Å². The van der Waals surface area contributed by atoms with E-state index in [0.717, 1.165) is 6.33 Å². The molecule has 37 nitrogen and oxygen atoms in total. The summed E-state index contributed by atoms with van der Waals surface area (Å²) in [4.78, 5) is 118. The highest BCUT2D eigenvalue weighted by molar-refractivity contribution is 7.67. The average Bonchev–Trinajstić information content (AvgIpc) is 3.95. The minimum absolute atomic E-state index is 0.000206. The fourth-order valence-corrected chi connectivity index (χ4v) is 11.7. The number of anilines is 2. The highest BCUT2D eigenvalue weighted by Crippen LogP contribution is 2.67. The number of fused-ring (bicyclic) bond motifs is 2. The zero-order valence-electron chi connectivity index (χ0n) is 32.8. The van der Waals surface area contributed by atoms with Crippen LogP contribution in [0.3, 0.4) is 0 Å². The number of ether oxygens (including phenoxy) is 2. The molecule has 2 aliphatic heterocycles. The molecule has 67 heavy (non-hydrogen) atoms. The monoisotopic (exact) mass is 1080 g/mol. The number of rotatable bonds is 20. The second-order valence-corrected chi connectivity index (χ2v) is 22.0. The molecule has 2 fully saturated rings. The molecule has 0 radical (unpaired) electrons. The van der Waals surface area contributed by atoms with Crippen molar-refractivity contribution in [3.8, 4) is 0 Å². The van der Waals surface area contributed by atoms with Crippen LogP contribution in [0.2, 0.25) is 0 Å². The van der Waals surface area contributed by atoms with Crippen molar-refractivity contribution in [1.82, 2.24) is 39.0 Å². The number of aliphatic hydroxyl groups excluding tert-OH is 2. The molecule has 374 valence electrons. The molecule has 14 N–H and O–H groups in total. The average molecular weight is 1080 g/mol. The lowest BCUT2D eigenvalue weighted by Gasteiger charge is -2.19. The van der Waals surface area contributed by atoms with E-state index < -0.39 is 115 Å². The Morgan fingerprint density at radius 1 is 0.642 bits per heavy atom. The van der Waals surface area contributed by atoms with Gasteiger partial charge >= 0.3 is 52.9 Å². The number of imidazole rings is 2. The lowest BCUT2D eigenvalue weighted by atomic mass is 10.2. The Morgan fingerprint density at radius 2 is 1.07 bits per heavy atom. The van der Waals surface area contributed by atoms with E-state index in [9.17, 15) is 61.9 Å². The number of nitrogens with zero attached hydrogens (tertiary/aromatic N) is 8. The molecule has 6 heterocycles. The van der Waals surface area contributed by atoms with E-state index in [1.165, 1.54) is 28.1 Å². The van der Waals surface area contributed by atoms with Gasteiger partial charge in [0.1, 0.15) is 42.8 Å². The van der Waals surface area contributed by atoms with Crippen LogP contribution < -0.4 is 11.1 Å². The van der Waals surface area contributed by atoms with Crippen LogP contribution in [0.25, 0.3) is 22.3 Å². The second-order valence-electron chi connectivity index (χ2n) is 13.2. The number of aliphatic hydroxyl groups is 2. The number of carbonyl (C=O) groups excluding carboxylic acids is 1. The van der Waals surface area contributed by atoms with E-state index in [2.05, 4.69) is 61.5 Å². The number of nitrogen functional groups attached to an aromatic ring is 1. The summed E-state index contributed by atoms with van der Waals surface area (Å²) in [7, 11) is -33.2. The van der Waals surface area contributed by atoms with Gasteiger partial charge in [0, 0.05) is 19.3 Å². The van der Waals surface area contributed by atoms with Crippen LogP contribution in [-0.4, -0.2) is 143 Å². The van der Waals surface area contributed by atoms with Crippen LogP contribution in [0.4, 0.5) is 11.6 Å². The van der Waals surface area contributed by atoms with Gasteiger partial charge in [-0.1, -0.05) is 0 Å². The van der Waals surface area contributed by atoms with Gasteiger partial charge < -0.3 is 75.0 Å². The topological polar surface area (TPSA) is 558 Å². The van der Waals surface area contributed by atoms with Crippen LogP contribution in [0.5, 0.6) is 0 Å². The summed E-state index contributed by atoms with van der Waals surface area (Å²) in [6.45, 7) is -1.65. The molecule has 0 aliphatic carbocycles. The number of aromatic nitrogens is 8. The van der Waals surface area contributed by atoms with E-state index in [1.807, 2.05) is 0 Å². The molecule has 43 heteroatoms. The number of carboxylic acids is 1. The summed E-state index contributed by atoms with van der Waals surface area (Å²) in [6, 6.07) is 0. The third-order valence-corrected chi connectivity index (χ3v) is 15.8. The van der Waals surface area contributed by atoms with Crippen molar-refractivity contribution in [2.24, 2.45) is 0 Å². The maximum Gasteiger partial charge on any atom is 0.490 e. The van der Waals surface area contributed by atoms with Crippen molar-refractivity contribution in [3.63, 3.8) is 0 Å². The minimum atomic E-state index is -5.71. The first-order valence-corrected chi connectivity index (χ1v) is 26.7. The molecule has 2 aliphatic rings. The molecule has 0 saturated carbocycles. The standard InChI is InChI=1S/C14H20N5O15P3.C10H16N5O12P3/c20-7-3-10(32-8(7)4-31-36(27,28)34-37(29,30)33-35(24,25)26)19-6-17-12-13(15-5-16-14(12)19)18-9(21)1-2-11(22)23;11-9-8-10(13-3-12-9)15(4-14-8)7-1-5(16)6(25-7)2-24-29(20,21)27-30(22,23)26-28(17,18)19/h5-8,10,20H,1-4H2,(H,22,23)(H,27,28)(H,29,30)(H2,24,25,26)(H,15,16,18,21);3-7,16H,1-2H2,(H,20,21)(H,22,23)(H2,11,12,13)(H2,17,18,19)/t7-,8-,10-;5-,6-,7-/m11/s1. The Kier molecular flexibility index (Phi) is 17.3. The molecule has 2 saturated heterocycles. The van der Waals surface area contributed by atoms with E-state index in [0.29, 0.717) is 11.2 Å². The molecule has 6 rings (SSSR count). The van der Waals surface area contributed by atoms with Crippen LogP contribution in [0.1, 0.15) is 38.1 Å². The Morgan fingerprint density at radius 3 is 1.52 bits per heavy atom. The van der Waals surface area contributed by atoms with Gasteiger partial charge in [-0.15, -0.1) is 0 Å². The molecular weight excluding hydrogens is 1050 g/mol. The number of aliphatic carboxylic acids is 1. The van der Waals surface area contributed by atoms with E-state index in [4.69, 9.17) is 44.8 Å². The summed E-state index contributed by atoms with van der Waals surface area (Å²) < 4.78 is 105. The molecule has 0 spiro atoms. The summed E-state index contributed by atoms with van der Waals surface area (Å²) in [5.74, 6) is -1.67. The number of hydrogen-bond donors (Lipinski definition) is 13. The zero-order chi connectivity index (χ0) is 49.9. The Balaban J connectivity index is 0.000000256. The first-order chi connectivity index (χ1) is 30.8. The molecule has 0 aromatic carbocycles. The van der Waals surface area contributed by atoms with Crippen molar-refractivity contribution >= 4 is 92.8 Å². The Labute approximate surface area is 370 Å². The third kappa shape index (κ3) is 16.0. The van der Waals surface area contributed by atoms with Crippen molar-refractivity contribution in [1.29, 1.82) is 0 Å². The Bertz CT molecular complexity index is 2750. The lowest BCUT2D eigenvalue weighted by Crippen LogP contribution is -2.26. The lowest BCUT2D eigenvalue weighted by molar-refractivity contribution is -0.138. The van der Waals surface area contributed by atoms with Gasteiger partial charge in [-0.2, -0.15) is 17.2 Å². The zero-order valence-corrected chi connectivity index (χ0v) is 38.2. The number of phosphoric acid groups is 6. The third-order valence-electron chi connectivity index (χ3n) is 8.23. The van der Waals surface area contributed by atoms with Gasteiger partial charge in [-0.05, 0) is 0 Å². The van der Waals surface area contributed by atoms with E-state index >= 15 is 0 Å². The van der Waals surface area contributed by atoms with Crippen molar-refractivity contribution in [3.05, 3.63) is 25.3 Å². The highest BCUT2D eigenvalue weighted by Gasteiger charge is 2.45. The maximum atomic E-state index is 11.9. The number of nitrogens with one attached hydrogen (secondary N) is 1. The summed E-state index contributed by atoms with van der Waals surface area (Å²) in [5.41, 5.74) is 6.57. The molecule has 0 bridgehead atoms. The summed E-state index contributed by atoms with van der Waals surface area (Å²) >= 11 is 0. The van der Waals surface area contributed by atoms with Crippen molar-refractivity contribution < 1.29 is 127 Å². The van der Waals surface area contributed by atoms with Crippen LogP contribution >= 0.6 is 46.9 Å². The van der Waals surface area contributed by atoms with Crippen LogP contribution in [0.15, 0.2) is 25.3 Å². The normalized spacial score (nSPS) is 24.8. The first-order valence-electron chi connectivity index (χ1n) is 17.7. The summed E-state index contributed by atoms with van der Waals surface area (Å²) in [6.07, 6.45) is -2.67. The quantitative estimate of drug-likeness (QED) is 0.0473. The largest absolute Gasteiger partial charge is 0.490 e. The van der Waals surface area contributed by atoms with Crippen molar-refractivity contribution in [2.75, 3.05) is 24.3 Å². The number of phosphoric ester groups is 2. The SMILES string of the molecule is Nc1ncnc2c1ncn2[C@H]1C[C@@H](O)[C@@H](COP(=O)(O)OP(=O)(O)OP(=O)(O)O)O1.O=C(O)CCC(=O)Nc1ncnc2c1ncn2[C@H]1C[C@@H](O)[C@@H](COP(=O)(O)OP(=O)(O)OP(=O)(O)O)O1. The fraction of sp³-hybridized carbons (Fsp3) is 0.500. The molecule has 4 unspecified atom stereocenters. The van der Waals surface area contributed by atoms with Crippen LogP contribution in [0, 0.1) is 0 Å². The maximum absolute atomic E-state index is 11.9. The molecule has 4 aromatic heterocycles. The highest BCUT2D eigenvalue weighted by atomic mass is 31.3. The molecule has 4 aromatic rings. The fourth-order valence-electron chi connectivity index (χ4n) is 5.66. The molecule has 1 amide bonds. The summed E-state index contributed by atoms with van der Waals surface area (Å²) in [5, 5.41) is 31.5. The molecular formula is C24H36N10O27P6. The van der Waals surface area contributed by atoms with Crippen molar-refractivity contribution in [2.45, 2.75) is 62.6 Å². The van der Waals surface area contributed by atoms with Gasteiger partial charge in [0.15, 0.2) is 28.4 Å². The van der Waals surface area contributed by atoms with Crippen LogP contribution in [-0.2, 0) is 72.7 Å². The predicted octanol–water partition coefficient (Wildman–Crippen LogP) is -0.979. The second kappa shape index (κ2) is 21.2. The van der Waals surface area contributed by atoms with Gasteiger partial charge in [0.2, 0.25) is 5.91 Å². The van der Waals surface area contributed by atoms with Gasteiger partial charge in [-0.3, -0.25) is 27.8 Å². The van der Waals surface area contributed by atoms with Gasteiger partial charge in [0.25, 0.3) is 0 Å². The van der Waals surface area contributed by atoms with E-state index in [1.54, 1.807) is 0 Å². The smallest absolute Gasteiger partial charge is 0.481 e. The van der Waals surface area contributed by atoms with E-state index in [-0.39, 0.29) is 42.1 Å². The number of carboxylic acid groups (broad SMARTS) is 1. The number of carbonyl (C=O) groups is 2. The number of amides is 1. The number of hydrogen-bond acceptors (Lipinski definition) is 25. The first kappa shape index (κ1) is 54.4. The van der Waals surface area contributed by atoms with Gasteiger partial charge in [-0.25, -0.2) is 57.3 Å². The predicted molar refractivity (Wildman–Crippen MR) is 209 cm³/mol. The minimum Gasteiger partial charge on any atom is -0.481 e. The Hall–Kier alpha value is -3.50.